The molecule has 1 aromatic heterocycles. The van der Waals surface area contributed by atoms with Gasteiger partial charge in [-0.2, -0.15) is 0 Å². The van der Waals surface area contributed by atoms with Crippen LogP contribution in [-0.4, -0.2) is 15.0 Å². The molecule has 0 spiro atoms. The number of nitrogens with one attached hydrogen (secondary N) is 1. The number of aromatic nitrogens is 3. The molecule has 0 unspecified atom stereocenters. The Bertz CT molecular complexity index is 408. The van der Waals surface area contributed by atoms with Gasteiger partial charge in [0.15, 0.2) is 0 Å². The number of nitrogens with zero attached hydrogens (tertiary/aromatic N) is 3. The Morgan fingerprint density at radius 2 is 2.00 bits per heavy atom. The average Bonchev–Trinajstić information content (AvgIpc) is 2.66. The molecule has 0 atom stereocenters. The van der Waals surface area contributed by atoms with Crippen molar-refractivity contribution >= 4 is 0 Å². The van der Waals surface area contributed by atoms with Crippen molar-refractivity contribution < 1.29 is 0 Å². The molecule has 78 valence electrons. The highest BCUT2D eigenvalue weighted by Crippen LogP contribution is 1.98. The standard InChI is InChI=1S/C11H14N4/c1-15-9-11(13-14-15)8-12-7-10-5-3-2-4-6-10/h2-6,9,12H,7-8H2,1H3. The van der Waals surface area contributed by atoms with E-state index in [1.165, 1.54) is 5.56 Å². The highest BCUT2D eigenvalue weighted by atomic mass is 15.4. The molecule has 0 aliphatic heterocycles. The summed E-state index contributed by atoms with van der Waals surface area (Å²) in [6.07, 6.45) is 1.91. The lowest BCUT2D eigenvalue weighted by molar-refractivity contribution is 0.674. The predicted molar refractivity (Wildman–Crippen MR) is 58.0 cm³/mol. The van der Waals surface area contributed by atoms with Crippen LogP contribution in [0.1, 0.15) is 11.3 Å². The second kappa shape index (κ2) is 4.70. The molecule has 2 aromatic rings. The molecule has 0 aliphatic rings. The minimum Gasteiger partial charge on any atom is -0.307 e. The van der Waals surface area contributed by atoms with Crippen molar-refractivity contribution in [2.45, 2.75) is 13.1 Å². The maximum atomic E-state index is 4.00. The monoisotopic (exact) mass is 202 g/mol. The van der Waals surface area contributed by atoms with Crippen LogP contribution < -0.4 is 5.32 Å². The Kier molecular flexibility index (Phi) is 3.09. The number of hydrogen-bond acceptors (Lipinski definition) is 3. The van der Waals surface area contributed by atoms with Crippen molar-refractivity contribution in [1.82, 2.24) is 20.3 Å². The first kappa shape index (κ1) is 9.86. The fourth-order valence-corrected chi connectivity index (χ4v) is 1.41. The van der Waals surface area contributed by atoms with E-state index in [4.69, 9.17) is 0 Å². The van der Waals surface area contributed by atoms with Crippen molar-refractivity contribution in [2.75, 3.05) is 0 Å². The average molecular weight is 202 g/mol. The molecule has 0 amide bonds. The zero-order chi connectivity index (χ0) is 10.5. The number of hydrogen-bond donors (Lipinski definition) is 1. The fourth-order valence-electron chi connectivity index (χ4n) is 1.41. The Balaban J connectivity index is 1.80. The molecule has 0 bridgehead atoms. The normalized spacial score (nSPS) is 10.5. The first-order valence-electron chi connectivity index (χ1n) is 4.94. The maximum absolute atomic E-state index is 4.00. The molecule has 0 saturated carbocycles. The lowest BCUT2D eigenvalue weighted by Crippen LogP contribution is -2.12. The van der Waals surface area contributed by atoms with Gasteiger partial charge in [0.05, 0.1) is 5.69 Å². The molecule has 0 aliphatic carbocycles. The van der Waals surface area contributed by atoms with Gasteiger partial charge < -0.3 is 5.32 Å². The molecular formula is C11H14N4. The predicted octanol–water partition coefficient (Wildman–Crippen LogP) is 1.10. The van der Waals surface area contributed by atoms with Crippen LogP contribution in [0.15, 0.2) is 36.5 Å². The van der Waals surface area contributed by atoms with E-state index in [2.05, 4.69) is 27.8 Å². The number of aryl methyl sites for hydroxylation is 1. The Morgan fingerprint density at radius 3 is 2.67 bits per heavy atom. The summed E-state index contributed by atoms with van der Waals surface area (Å²) < 4.78 is 1.71. The third-order valence-electron chi connectivity index (χ3n) is 2.13. The minimum absolute atomic E-state index is 0.753. The van der Waals surface area contributed by atoms with Crippen molar-refractivity contribution in [2.24, 2.45) is 7.05 Å². The van der Waals surface area contributed by atoms with Crippen LogP contribution in [0.3, 0.4) is 0 Å². The van der Waals surface area contributed by atoms with Crippen molar-refractivity contribution in [1.29, 1.82) is 0 Å². The summed E-state index contributed by atoms with van der Waals surface area (Å²) in [5, 5.41) is 11.2. The lowest BCUT2D eigenvalue weighted by atomic mass is 10.2. The summed E-state index contributed by atoms with van der Waals surface area (Å²) in [7, 11) is 1.87. The quantitative estimate of drug-likeness (QED) is 0.807. The van der Waals surface area contributed by atoms with Gasteiger partial charge in [0.1, 0.15) is 0 Å². The summed E-state index contributed by atoms with van der Waals surface area (Å²) in [5.41, 5.74) is 2.25. The summed E-state index contributed by atoms with van der Waals surface area (Å²) in [5.74, 6) is 0. The second-order valence-corrected chi connectivity index (χ2v) is 3.47. The summed E-state index contributed by atoms with van der Waals surface area (Å²) in [4.78, 5) is 0. The summed E-state index contributed by atoms with van der Waals surface area (Å²) in [6.45, 7) is 1.61. The summed E-state index contributed by atoms with van der Waals surface area (Å²) >= 11 is 0. The van der Waals surface area contributed by atoms with E-state index in [0.29, 0.717) is 0 Å². The van der Waals surface area contributed by atoms with Gasteiger partial charge in [0, 0.05) is 26.3 Å². The van der Waals surface area contributed by atoms with Gasteiger partial charge >= 0.3 is 0 Å². The first-order valence-corrected chi connectivity index (χ1v) is 4.94. The Labute approximate surface area is 88.9 Å². The maximum Gasteiger partial charge on any atom is 0.0964 e. The molecule has 1 aromatic carbocycles. The van der Waals surface area contributed by atoms with E-state index in [1.54, 1.807) is 4.68 Å². The highest BCUT2D eigenvalue weighted by molar-refractivity contribution is 5.14. The van der Waals surface area contributed by atoms with Crippen LogP contribution in [0.5, 0.6) is 0 Å². The van der Waals surface area contributed by atoms with Gasteiger partial charge in [-0.3, -0.25) is 4.68 Å². The van der Waals surface area contributed by atoms with Crippen LogP contribution in [0, 0.1) is 0 Å². The Morgan fingerprint density at radius 1 is 1.20 bits per heavy atom. The van der Waals surface area contributed by atoms with Crippen LogP contribution in [0.25, 0.3) is 0 Å². The molecule has 15 heavy (non-hydrogen) atoms. The SMILES string of the molecule is Cn1cc(CNCc2ccccc2)nn1. The van der Waals surface area contributed by atoms with Crippen molar-refractivity contribution in [3.05, 3.63) is 47.8 Å². The van der Waals surface area contributed by atoms with Gasteiger partial charge in [-0.1, -0.05) is 35.5 Å². The minimum atomic E-state index is 0.753. The molecule has 4 nitrogen and oxygen atoms in total. The van der Waals surface area contributed by atoms with E-state index >= 15 is 0 Å². The zero-order valence-corrected chi connectivity index (χ0v) is 8.72. The van der Waals surface area contributed by atoms with E-state index in [9.17, 15) is 0 Å². The van der Waals surface area contributed by atoms with E-state index in [-0.39, 0.29) is 0 Å². The number of rotatable bonds is 4. The molecule has 2 rings (SSSR count). The van der Waals surface area contributed by atoms with Crippen molar-refractivity contribution in [3.63, 3.8) is 0 Å². The Hall–Kier alpha value is -1.68. The third-order valence-corrected chi connectivity index (χ3v) is 2.13. The molecular weight excluding hydrogens is 188 g/mol. The van der Waals surface area contributed by atoms with E-state index in [0.717, 1.165) is 18.8 Å². The smallest absolute Gasteiger partial charge is 0.0964 e. The number of benzene rings is 1. The van der Waals surface area contributed by atoms with Gasteiger partial charge in [-0.05, 0) is 5.56 Å². The van der Waals surface area contributed by atoms with Gasteiger partial charge in [-0.15, -0.1) is 5.10 Å². The van der Waals surface area contributed by atoms with Crippen LogP contribution in [0.4, 0.5) is 0 Å². The van der Waals surface area contributed by atoms with E-state index < -0.39 is 0 Å². The highest BCUT2D eigenvalue weighted by Gasteiger charge is 1.97. The largest absolute Gasteiger partial charge is 0.307 e. The van der Waals surface area contributed by atoms with Gasteiger partial charge in [0.25, 0.3) is 0 Å². The molecule has 0 fully saturated rings. The van der Waals surface area contributed by atoms with Gasteiger partial charge in [-0.25, -0.2) is 0 Å². The van der Waals surface area contributed by atoms with Crippen LogP contribution >= 0.6 is 0 Å². The first-order chi connectivity index (χ1) is 7.34. The summed E-state index contributed by atoms with van der Waals surface area (Å²) in [6, 6.07) is 10.3. The molecule has 1 heterocycles. The van der Waals surface area contributed by atoms with E-state index in [1.807, 2.05) is 31.4 Å². The zero-order valence-electron chi connectivity index (χ0n) is 8.72. The van der Waals surface area contributed by atoms with Gasteiger partial charge in [0.2, 0.25) is 0 Å². The third kappa shape index (κ3) is 2.89. The molecule has 0 radical (unpaired) electrons. The van der Waals surface area contributed by atoms with Crippen LogP contribution in [0.2, 0.25) is 0 Å². The fraction of sp³-hybridized carbons (Fsp3) is 0.273. The molecule has 1 N–H and O–H groups in total. The topological polar surface area (TPSA) is 42.7 Å². The van der Waals surface area contributed by atoms with Crippen LogP contribution in [-0.2, 0) is 20.1 Å². The molecule has 4 heteroatoms. The van der Waals surface area contributed by atoms with Crippen molar-refractivity contribution in [3.8, 4) is 0 Å². The second-order valence-electron chi connectivity index (χ2n) is 3.47. The molecule has 0 saturated heterocycles. The lowest BCUT2D eigenvalue weighted by Gasteiger charge is -2.01.